The van der Waals surface area contributed by atoms with E-state index in [0.29, 0.717) is 18.9 Å². The fourth-order valence-electron chi connectivity index (χ4n) is 4.33. The zero-order valence-electron chi connectivity index (χ0n) is 19.0. The largest absolute Gasteiger partial charge is 0.357 e. The van der Waals surface area contributed by atoms with Crippen LogP contribution in [-0.4, -0.2) is 92.1 Å². The van der Waals surface area contributed by atoms with E-state index in [4.69, 9.17) is 4.99 Å². The van der Waals surface area contributed by atoms with Gasteiger partial charge in [-0.3, -0.25) is 14.7 Å². The van der Waals surface area contributed by atoms with E-state index < -0.39 is 0 Å². The third-order valence-electron chi connectivity index (χ3n) is 5.87. The SMILES string of the molecule is CCNC(=NCCCN1CCCC1C(=O)N(C)C)NC1CCN(c2ncccc2F)C1. The van der Waals surface area contributed by atoms with Crippen molar-refractivity contribution in [1.82, 2.24) is 25.4 Å². The molecule has 2 unspecified atom stereocenters. The van der Waals surface area contributed by atoms with Crippen LogP contribution in [0.1, 0.15) is 32.6 Å². The molecule has 0 bridgehead atoms. The van der Waals surface area contributed by atoms with E-state index in [0.717, 1.165) is 57.8 Å². The van der Waals surface area contributed by atoms with Gasteiger partial charge in [0.25, 0.3) is 0 Å². The number of nitrogens with zero attached hydrogens (tertiary/aromatic N) is 5. The number of aliphatic imine (C=N–C) groups is 1. The molecule has 3 heterocycles. The van der Waals surface area contributed by atoms with Crippen LogP contribution in [0.3, 0.4) is 0 Å². The van der Waals surface area contributed by atoms with Crippen molar-refractivity contribution < 1.29 is 9.18 Å². The first-order valence-electron chi connectivity index (χ1n) is 11.3. The standard InChI is InChI=1S/C22H36FN7O/c1-4-24-22(26-12-7-14-29-13-6-9-19(29)21(31)28(2)3)27-17-10-15-30(16-17)20-18(23)8-5-11-25-20/h5,8,11,17,19H,4,6-7,9-10,12-16H2,1-3H3,(H2,24,26,27). The predicted molar refractivity (Wildman–Crippen MR) is 122 cm³/mol. The predicted octanol–water partition coefficient (Wildman–Crippen LogP) is 1.30. The number of carbonyl (C=O) groups excluding carboxylic acids is 1. The molecule has 8 nitrogen and oxygen atoms in total. The normalized spacial score (nSPS) is 22.1. The molecule has 0 aromatic carbocycles. The molecule has 31 heavy (non-hydrogen) atoms. The summed E-state index contributed by atoms with van der Waals surface area (Å²) in [6.45, 7) is 6.84. The number of likely N-dealkylation sites (tertiary alicyclic amines) is 1. The first kappa shape index (κ1) is 23.2. The maximum atomic E-state index is 14.0. The van der Waals surface area contributed by atoms with Gasteiger partial charge in [-0.2, -0.15) is 0 Å². The number of hydrogen-bond donors (Lipinski definition) is 2. The lowest BCUT2D eigenvalue weighted by molar-refractivity contribution is -0.133. The molecule has 1 aromatic rings. The number of amides is 1. The highest BCUT2D eigenvalue weighted by Crippen LogP contribution is 2.21. The molecule has 2 fully saturated rings. The lowest BCUT2D eigenvalue weighted by Crippen LogP contribution is -2.45. The van der Waals surface area contributed by atoms with Crippen molar-refractivity contribution in [2.45, 2.75) is 44.7 Å². The molecular formula is C22H36FN7O. The zero-order chi connectivity index (χ0) is 22.2. The maximum absolute atomic E-state index is 14.0. The zero-order valence-corrected chi connectivity index (χ0v) is 19.0. The minimum absolute atomic E-state index is 0.0156. The van der Waals surface area contributed by atoms with Crippen molar-refractivity contribution in [2.24, 2.45) is 4.99 Å². The second-order valence-corrected chi connectivity index (χ2v) is 8.43. The Kier molecular flexibility index (Phi) is 8.45. The molecule has 0 aliphatic carbocycles. The molecule has 9 heteroatoms. The summed E-state index contributed by atoms with van der Waals surface area (Å²) in [6.07, 6.45) is 5.46. The molecule has 0 saturated carbocycles. The summed E-state index contributed by atoms with van der Waals surface area (Å²) in [7, 11) is 3.65. The second-order valence-electron chi connectivity index (χ2n) is 8.43. The molecule has 3 rings (SSSR count). The Morgan fingerprint density at radius 1 is 1.35 bits per heavy atom. The van der Waals surface area contributed by atoms with Gasteiger partial charge in [-0.1, -0.05) is 0 Å². The van der Waals surface area contributed by atoms with E-state index in [2.05, 4.69) is 20.5 Å². The van der Waals surface area contributed by atoms with Crippen molar-refractivity contribution >= 4 is 17.7 Å². The van der Waals surface area contributed by atoms with Crippen LogP contribution >= 0.6 is 0 Å². The van der Waals surface area contributed by atoms with Gasteiger partial charge in [0, 0.05) is 59.1 Å². The highest BCUT2D eigenvalue weighted by atomic mass is 19.1. The molecule has 2 saturated heterocycles. The molecule has 0 radical (unpaired) electrons. The quantitative estimate of drug-likeness (QED) is 0.366. The first-order chi connectivity index (χ1) is 15.0. The summed E-state index contributed by atoms with van der Waals surface area (Å²) >= 11 is 0. The highest BCUT2D eigenvalue weighted by Gasteiger charge is 2.31. The third-order valence-corrected chi connectivity index (χ3v) is 5.87. The van der Waals surface area contributed by atoms with Crippen molar-refractivity contribution in [2.75, 3.05) is 58.3 Å². The lowest BCUT2D eigenvalue weighted by Gasteiger charge is -2.25. The maximum Gasteiger partial charge on any atom is 0.239 e. The number of halogens is 1. The number of aromatic nitrogens is 1. The monoisotopic (exact) mass is 433 g/mol. The van der Waals surface area contributed by atoms with Gasteiger partial charge in [0.05, 0.1) is 6.04 Å². The van der Waals surface area contributed by atoms with Gasteiger partial charge in [-0.25, -0.2) is 9.37 Å². The van der Waals surface area contributed by atoms with Gasteiger partial charge < -0.3 is 20.4 Å². The van der Waals surface area contributed by atoms with E-state index in [9.17, 15) is 9.18 Å². The first-order valence-corrected chi connectivity index (χ1v) is 11.3. The summed E-state index contributed by atoms with van der Waals surface area (Å²) in [5, 5.41) is 6.78. The van der Waals surface area contributed by atoms with Crippen molar-refractivity contribution in [3.05, 3.63) is 24.1 Å². The van der Waals surface area contributed by atoms with Gasteiger partial charge >= 0.3 is 0 Å². The molecule has 2 aliphatic heterocycles. The average molecular weight is 434 g/mol. The van der Waals surface area contributed by atoms with Crippen LogP contribution in [0, 0.1) is 5.82 Å². The molecule has 2 N–H and O–H groups in total. The van der Waals surface area contributed by atoms with Crippen LogP contribution in [0.5, 0.6) is 0 Å². The molecule has 2 aliphatic rings. The third kappa shape index (κ3) is 6.29. The van der Waals surface area contributed by atoms with Crippen LogP contribution in [0.15, 0.2) is 23.3 Å². The summed E-state index contributed by atoms with van der Waals surface area (Å²) in [5.41, 5.74) is 0. The fourth-order valence-corrected chi connectivity index (χ4v) is 4.33. The van der Waals surface area contributed by atoms with Crippen LogP contribution in [-0.2, 0) is 4.79 Å². The van der Waals surface area contributed by atoms with Gasteiger partial charge in [0.15, 0.2) is 17.6 Å². The van der Waals surface area contributed by atoms with E-state index >= 15 is 0 Å². The Morgan fingerprint density at radius 3 is 2.94 bits per heavy atom. The number of guanidine groups is 1. The van der Waals surface area contributed by atoms with Gasteiger partial charge in [-0.15, -0.1) is 0 Å². The number of pyridine rings is 1. The van der Waals surface area contributed by atoms with Crippen LogP contribution in [0.25, 0.3) is 0 Å². The van der Waals surface area contributed by atoms with E-state index in [1.165, 1.54) is 6.07 Å². The van der Waals surface area contributed by atoms with Gasteiger partial charge in [-0.05, 0) is 51.3 Å². The molecular weight excluding hydrogens is 397 g/mol. The second kappa shape index (κ2) is 11.3. The van der Waals surface area contributed by atoms with Crippen molar-refractivity contribution in [3.8, 4) is 0 Å². The number of likely N-dealkylation sites (N-methyl/N-ethyl adjacent to an activating group) is 1. The molecule has 0 spiro atoms. The lowest BCUT2D eigenvalue weighted by atomic mass is 10.2. The highest BCUT2D eigenvalue weighted by molar-refractivity contribution is 5.81. The summed E-state index contributed by atoms with van der Waals surface area (Å²) < 4.78 is 14.0. The Bertz CT molecular complexity index is 757. The molecule has 172 valence electrons. The smallest absolute Gasteiger partial charge is 0.239 e. The minimum atomic E-state index is -0.281. The number of carbonyl (C=O) groups is 1. The Labute approximate surface area is 184 Å². The fraction of sp³-hybridized carbons (Fsp3) is 0.682. The summed E-state index contributed by atoms with van der Waals surface area (Å²) in [5.74, 6) is 1.13. The number of rotatable bonds is 8. The van der Waals surface area contributed by atoms with E-state index in [1.54, 1.807) is 17.2 Å². The number of hydrogen-bond acceptors (Lipinski definition) is 5. The Morgan fingerprint density at radius 2 is 2.19 bits per heavy atom. The summed E-state index contributed by atoms with van der Waals surface area (Å²) in [4.78, 5) is 27.2. The molecule has 1 amide bonds. The molecule has 1 aromatic heterocycles. The Balaban J connectivity index is 1.47. The van der Waals surface area contributed by atoms with Crippen LogP contribution < -0.4 is 15.5 Å². The molecule has 2 atom stereocenters. The Hall–Kier alpha value is -2.42. The van der Waals surface area contributed by atoms with Gasteiger partial charge in [0.2, 0.25) is 5.91 Å². The minimum Gasteiger partial charge on any atom is -0.357 e. The van der Waals surface area contributed by atoms with Crippen molar-refractivity contribution in [1.29, 1.82) is 0 Å². The average Bonchev–Trinajstić information content (AvgIpc) is 3.40. The van der Waals surface area contributed by atoms with E-state index in [1.807, 2.05) is 25.9 Å². The van der Waals surface area contributed by atoms with Crippen LogP contribution in [0.2, 0.25) is 0 Å². The van der Waals surface area contributed by atoms with E-state index in [-0.39, 0.29) is 23.8 Å². The number of nitrogens with one attached hydrogen (secondary N) is 2. The number of anilines is 1. The topological polar surface area (TPSA) is 76.1 Å². The van der Waals surface area contributed by atoms with Gasteiger partial charge in [0.1, 0.15) is 0 Å². The summed E-state index contributed by atoms with van der Waals surface area (Å²) in [6, 6.07) is 3.27. The van der Waals surface area contributed by atoms with Crippen LogP contribution in [0.4, 0.5) is 10.2 Å². The van der Waals surface area contributed by atoms with Crippen molar-refractivity contribution in [3.63, 3.8) is 0 Å².